The average Bonchev–Trinajstić information content (AvgIpc) is 3.14. The first-order valence-corrected chi connectivity index (χ1v) is 15.0. The zero-order valence-corrected chi connectivity index (χ0v) is 24.3. The maximum atomic E-state index is 14.1. The van der Waals surface area contributed by atoms with Crippen molar-refractivity contribution in [1.82, 2.24) is 20.0 Å². The van der Waals surface area contributed by atoms with E-state index in [4.69, 9.17) is 0 Å². The van der Waals surface area contributed by atoms with Crippen molar-refractivity contribution in [1.29, 1.82) is 0 Å². The van der Waals surface area contributed by atoms with E-state index in [9.17, 15) is 9.59 Å². The first-order valence-electron chi connectivity index (χ1n) is 15.0. The van der Waals surface area contributed by atoms with Gasteiger partial charge in [-0.1, -0.05) is 27.7 Å². The smallest absolute Gasteiger partial charge is 0.245 e. The molecule has 0 bridgehead atoms. The number of hydrogen-bond donors (Lipinski definition) is 1. The Balaban J connectivity index is 1.43. The van der Waals surface area contributed by atoms with Crippen molar-refractivity contribution >= 4 is 11.8 Å². The summed E-state index contributed by atoms with van der Waals surface area (Å²) in [5, 5.41) is 3.41. The number of likely N-dealkylation sites (tertiary alicyclic amines) is 1. The summed E-state index contributed by atoms with van der Waals surface area (Å²) in [5.41, 5.74) is 0.424. The Labute approximate surface area is 220 Å². The van der Waals surface area contributed by atoms with Gasteiger partial charge in [-0.3, -0.25) is 9.59 Å². The van der Waals surface area contributed by atoms with Crippen molar-refractivity contribution in [2.75, 3.05) is 33.7 Å². The zero-order chi connectivity index (χ0) is 26.2. The number of rotatable bonds is 7. The van der Waals surface area contributed by atoms with Gasteiger partial charge in [0.15, 0.2) is 0 Å². The Morgan fingerprint density at radius 1 is 1.06 bits per heavy atom. The number of piperazine rings is 1. The predicted octanol–water partition coefficient (Wildman–Crippen LogP) is 4.39. The van der Waals surface area contributed by atoms with Gasteiger partial charge in [-0.05, 0) is 108 Å². The van der Waals surface area contributed by atoms with E-state index < -0.39 is 0 Å². The van der Waals surface area contributed by atoms with Crippen molar-refractivity contribution in [2.24, 2.45) is 29.1 Å². The molecule has 4 unspecified atom stereocenters. The molecule has 0 aromatic rings. The Bertz CT molecular complexity index is 783. The van der Waals surface area contributed by atoms with E-state index in [-0.39, 0.29) is 29.9 Å². The number of nitrogens with one attached hydrogen (secondary N) is 1. The van der Waals surface area contributed by atoms with Crippen molar-refractivity contribution in [3.05, 3.63) is 0 Å². The van der Waals surface area contributed by atoms with Gasteiger partial charge in [0.1, 0.15) is 6.04 Å². The molecule has 7 atom stereocenters. The van der Waals surface area contributed by atoms with Crippen LogP contribution >= 0.6 is 0 Å². The number of nitrogens with zero attached hydrogens (tertiary/aromatic N) is 3. The lowest BCUT2D eigenvalue weighted by molar-refractivity contribution is -0.152. The minimum atomic E-state index is -0.322. The number of piperidine rings is 1. The molecule has 1 N–H and O–H groups in total. The highest BCUT2D eigenvalue weighted by atomic mass is 16.2. The third kappa shape index (κ3) is 5.95. The van der Waals surface area contributed by atoms with Crippen molar-refractivity contribution in [3.8, 4) is 0 Å². The van der Waals surface area contributed by atoms with Crippen molar-refractivity contribution < 1.29 is 9.59 Å². The van der Waals surface area contributed by atoms with Gasteiger partial charge in [0.2, 0.25) is 11.8 Å². The molecule has 2 aliphatic heterocycles. The van der Waals surface area contributed by atoms with E-state index in [2.05, 4.69) is 63.8 Å². The molecule has 1 spiro atoms. The highest BCUT2D eigenvalue weighted by Crippen LogP contribution is 2.57. The summed E-state index contributed by atoms with van der Waals surface area (Å²) >= 11 is 0. The lowest BCUT2D eigenvalue weighted by Crippen LogP contribution is -2.63. The fourth-order valence-corrected chi connectivity index (χ4v) is 8.32. The summed E-state index contributed by atoms with van der Waals surface area (Å²) in [5.74, 6) is 2.91. The number of carbonyl (C=O) groups is 2. The molecule has 0 aromatic carbocycles. The molecule has 4 rings (SSSR count). The fourth-order valence-electron chi connectivity index (χ4n) is 8.32. The molecular formula is C30H54N4O2. The molecule has 4 aliphatic rings. The monoisotopic (exact) mass is 502 g/mol. The second kappa shape index (κ2) is 11.3. The van der Waals surface area contributed by atoms with E-state index in [0.717, 1.165) is 56.7 Å². The molecule has 2 heterocycles. The number of hydrogen-bond acceptors (Lipinski definition) is 4. The molecule has 36 heavy (non-hydrogen) atoms. The molecule has 2 saturated carbocycles. The Hall–Kier alpha value is -1.14. The molecule has 2 saturated heterocycles. The topological polar surface area (TPSA) is 55.9 Å². The van der Waals surface area contributed by atoms with Gasteiger partial charge in [0, 0.05) is 31.7 Å². The van der Waals surface area contributed by atoms with Crippen molar-refractivity contribution in [3.63, 3.8) is 0 Å². The van der Waals surface area contributed by atoms with Gasteiger partial charge in [-0.15, -0.1) is 0 Å². The number of carbonyl (C=O) groups excluding carboxylic acids is 2. The standard InChI is InChI=1S/C30H54N4O2/c1-20(2)14-26-28(35)34(13-11-31-26)27(15-21(3)4)29(36)33-12-10-30(17-22(33)5)18-23-8-9-25(32(6)7)16-24(23)19-30/h20-27,31H,8-19H2,1-7H3/t22-,23?,24?,25?,26-,27-,30?/m0/s1. The van der Waals surface area contributed by atoms with Crippen LogP contribution in [0.15, 0.2) is 0 Å². The van der Waals surface area contributed by atoms with E-state index in [0.29, 0.717) is 23.8 Å². The summed E-state index contributed by atoms with van der Waals surface area (Å²) in [6.45, 7) is 13.2. The Kier molecular flexibility index (Phi) is 8.76. The van der Waals surface area contributed by atoms with Gasteiger partial charge in [0.05, 0.1) is 6.04 Å². The molecule has 2 amide bonds. The summed E-state index contributed by atoms with van der Waals surface area (Å²) in [6, 6.07) is 0.525. The lowest BCUT2D eigenvalue weighted by Gasteiger charge is -2.47. The van der Waals surface area contributed by atoms with Crippen LogP contribution in [0.25, 0.3) is 0 Å². The third-order valence-electron chi connectivity index (χ3n) is 10.0. The van der Waals surface area contributed by atoms with Crippen LogP contribution in [0.2, 0.25) is 0 Å². The van der Waals surface area contributed by atoms with Gasteiger partial charge >= 0.3 is 0 Å². The van der Waals surface area contributed by atoms with E-state index in [1.165, 1.54) is 32.1 Å². The molecular weight excluding hydrogens is 448 g/mol. The van der Waals surface area contributed by atoms with Crippen LogP contribution in [0.3, 0.4) is 0 Å². The molecule has 206 valence electrons. The highest BCUT2D eigenvalue weighted by molar-refractivity contribution is 5.90. The second-order valence-corrected chi connectivity index (χ2v) is 14.0. The lowest BCUT2D eigenvalue weighted by atomic mass is 9.73. The Morgan fingerprint density at radius 2 is 1.78 bits per heavy atom. The molecule has 6 nitrogen and oxygen atoms in total. The fraction of sp³-hybridized carbons (Fsp3) is 0.933. The van der Waals surface area contributed by atoms with Gasteiger partial charge in [0.25, 0.3) is 0 Å². The van der Waals surface area contributed by atoms with Gasteiger partial charge in [-0.25, -0.2) is 0 Å². The quantitative estimate of drug-likeness (QED) is 0.561. The Morgan fingerprint density at radius 3 is 2.42 bits per heavy atom. The van der Waals surface area contributed by atoms with Crippen LogP contribution in [0.4, 0.5) is 0 Å². The maximum Gasteiger partial charge on any atom is 0.245 e. The SMILES string of the molecule is CC(C)C[C@@H]1NCCN([C@@H](CC(C)C)C(=O)N2CCC3(CC4CCC(N(C)C)CC4C3)C[C@@H]2C)C1=O. The van der Waals surface area contributed by atoms with Crippen LogP contribution < -0.4 is 5.32 Å². The molecule has 2 aliphatic carbocycles. The molecule has 0 aromatic heterocycles. The largest absolute Gasteiger partial charge is 0.338 e. The molecule has 6 heteroatoms. The van der Waals surface area contributed by atoms with Gasteiger partial charge in [-0.2, -0.15) is 0 Å². The van der Waals surface area contributed by atoms with Gasteiger partial charge < -0.3 is 20.0 Å². The van der Waals surface area contributed by atoms with Crippen LogP contribution in [-0.2, 0) is 9.59 Å². The minimum Gasteiger partial charge on any atom is -0.338 e. The maximum absolute atomic E-state index is 14.1. The highest BCUT2D eigenvalue weighted by Gasteiger charge is 2.51. The van der Waals surface area contributed by atoms with Crippen LogP contribution in [-0.4, -0.2) is 84.4 Å². The summed E-state index contributed by atoms with van der Waals surface area (Å²) in [4.78, 5) is 34.1. The zero-order valence-electron chi connectivity index (χ0n) is 24.3. The average molecular weight is 503 g/mol. The third-order valence-corrected chi connectivity index (χ3v) is 10.0. The minimum absolute atomic E-state index is 0.130. The second-order valence-electron chi connectivity index (χ2n) is 14.0. The number of fused-ring (bicyclic) bond motifs is 1. The summed E-state index contributed by atoms with van der Waals surface area (Å²) < 4.78 is 0. The summed E-state index contributed by atoms with van der Waals surface area (Å²) in [6.07, 6.45) is 10.7. The van der Waals surface area contributed by atoms with Crippen LogP contribution in [0.5, 0.6) is 0 Å². The normalized spacial score (nSPS) is 36.3. The van der Waals surface area contributed by atoms with E-state index >= 15 is 0 Å². The molecule has 0 radical (unpaired) electrons. The van der Waals surface area contributed by atoms with Crippen molar-refractivity contribution in [2.45, 2.75) is 117 Å². The van der Waals surface area contributed by atoms with E-state index in [1.807, 2.05) is 4.90 Å². The molecule has 4 fully saturated rings. The predicted molar refractivity (Wildman–Crippen MR) is 147 cm³/mol. The first kappa shape index (κ1) is 27.9. The van der Waals surface area contributed by atoms with Crippen LogP contribution in [0, 0.1) is 29.1 Å². The first-order chi connectivity index (χ1) is 17.0. The van der Waals surface area contributed by atoms with E-state index in [1.54, 1.807) is 0 Å². The number of amides is 2. The summed E-state index contributed by atoms with van der Waals surface area (Å²) in [7, 11) is 4.48. The van der Waals surface area contributed by atoms with Crippen LogP contribution in [0.1, 0.15) is 92.4 Å².